The van der Waals surface area contributed by atoms with Crippen molar-refractivity contribution in [3.05, 3.63) is 23.8 Å². The number of hydrogen-bond donors (Lipinski definition) is 2. The van der Waals surface area contributed by atoms with Crippen LogP contribution in [0.2, 0.25) is 0 Å². The molecule has 0 spiro atoms. The van der Waals surface area contributed by atoms with E-state index in [0.717, 1.165) is 12.1 Å². The Morgan fingerprint density at radius 2 is 1.81 bits per heavy atom. The van der Waals surface area contributed by atoms with Crippen LogP contribution >= 0.6 is 12.2 Å². The molecule has 2 heterocycles. The molecule has 0 saturated carbocycles. The van der Waals surface area contributed by atoms with Crippen molar-refractivity contribution in [2.45, 2.75) is 20.0 Å². The molecule has 0 bridgehead atoms. The Labute approximate surface area is 191 Å². The van der Waals surface area contributed by atoms with Gasteiger partial charge in [-0.05, 0) is 0 Å². The Bertz CT molecular complexity index is 961. The summed E-state index contributed by atoms with van der Waals surface area (Å²) in [6, 6.07) is 2.18. The van der Waals surface area contributed by atoms with Gasteiger partial charge in [-0.1, -0.05) is 26.1 Å². The monoisotopic (exact) mass is 491 g/mol. The van der Waals surface area contributed by atoms with Crippen molar-refractivity contribution in [3.8, 4) is 0 Å². The average Bonchev–Trinajstić information content (AvgIpc) is 3.12. The number of rotatable bonds is 7. The van der Waals surface area contributed by atoms with Gasteiger partial charge in [0.2, 0.25) is 0 Å². The van der Waals surface area contributed by atoms with Crippen LogP contribution in [0.15, 0.2) is 12.1 Å². The Hall–Kier alpha value is -2.09. The molecule has 0 aromatic heterocycles. The highest BCUT2D eigenvalue weighted by Crippen LogP contribution is 2.31. The zero-order valence-electron chi connectivity index (χ0n) is 18.1. The Morgan fingerprint density at radius 3 is 2.34 bits per heavy atom. The van der Waals surface area contributed by atoms with Gasteiger partial charge in [0.05, 0.1) is 23.8 Å². The first-order valence-corrected chi connectivity index (χ1v) is 12.1. The number of nitrogens with one attached hydrogen (secondary N) is 2. The number of piperazine rings is 1. The van der Waals surface area contributed by atoms with Gasteiger partial charge in [0.15, 0.2) is 11.6 Å². The number of cyclic esters (lactones) is 1. The molecule has 3 rings (SSSR count). The first-order valence-electron chi connectivity index (χ1n) is 10.2. The topological polar surface area (TPSA) is 94.2 Å². The van der Waals surface area contributed by atoms with E-state index in [2.05, 4.69) is 10.0 Å². The lowest BCUT2D eigenvalue weighted by Crippen LogP contribution is -2.51. The van der Waals surface area contributed by atoms with E-state index >= 15 is 0 Å². The predicted molar refractivity (Wildman–Crippen MR) is 121 cm³/mol. The van der Waals surface area contributed by atoms with Crippen molar-refractivity contribution < 1.29 is 26.7 Å². The summed E-state index contributed by atoms with van der Waals surface area (Å²) in [7, 11) is -2.29. The van der Waals surface area contributed by atoms with Crippen molar-refractivity contribution in [2.24, 2.45) is 5.92 Å². The maximum Gasteiger partial charge on any atom is 0.414 e. The van der Waals surface area contributed by atoms with E-state index in [4.69, 9.17) is 17.0 Å². The summed E-state index contributed by atoms with van der Waals surface area (Å²) in [4.78, 5) is 15.5. The number of thiocarbonyl (C=S) groups is 1. The first kappa shape index (κ1) is 24.6. The molecule has 9 nitrogen and oxygen atoms in total. The van der Waals surface area contributed by atoms with Gasteiger partial charge in [-0.15, -0.1) is 0 Å². The quantitative estimate of drug-likeness (QED) is 0.558. The molecule has 2 aliphatic heterocycles. The minimum absolute atomic E-state index is 0.0547. The van der Waals surface area contributed by atoms with Crippen molar-refractivity contribution in [1.82, 2.24) is 14.3 Å². The van der Waals surface area contributed by atoms with Gasteiger partial charge in [0, 0.05) is 51.3 Å². The number of anilines is 2. The fraction of sp³-hybridized carbons (Fsp3) is 0.579. The molecule has 2 fully saturated rings. The third-order valence-corrected chi connectivity index (χ3v) is 7.55. The number of carbonyl (C=O) groups excluding carboxylic acids is 1. The lowest BCUT2D eigenvalue weighted by molar-refractivity contribution is 0.143. The third-order valence-electron chi connectivity index (χ3n) is 5.37. The molecule has 1 unspecified atom stereocenters. The molecular weight excluding hydrogens is 464 g/mol. The molecule has 1 aromatic rings. The summed E-state index contributed by atoms with van der Waals surface area (Å²) in [5.41, 5.74) is -0.192. The van der Waals surface area contributed by atoms with E-state index in [9.17, 15) is 22.0 Å². The van der Waals surface area contributed by atoms with E-state index in [1.165, 1.54) is 21.2 Å². The van der Waals surface area contributed by atoms with E-state index in [-0.39, 0.29) is 50.0 Å². The van der Waals surface area contributed by atoms with Gasteiger partial charge < -0.3 is 15.0 Å². The number of benzene rings is 1. The molecule has 13 heteroatoms. The highest BCUT2D eigenvalue weighted by atomic mass is 32.2. The Morgan fingerprint density at radius 1 is 1.22 bits per heavy atom. The molecule has 178 valence electrons. The van der Waals surface area contributed by atoms with Gasteiger partial charge in [-0.3, -0.25) is 4.90 Å². The lowest BCUT2D eigenvalue weighted by atomic mass is 10.2. The van der Waals surface area contributed by atoms with E-state index in [1.54, 1.807) is 0 Å². The van der Waals surface area contributed by atoms with Crippen molar-refractivity contribution in [1.29, 1.82) is 0 Å². The Kier molecular flexibility index (Phi) is 7.53. The van der Waals surface area contributed by atoms with Gasteiger partial charge in [-0.25, -0.2) is 18.3 Å². The summed E-state index contributed by atoms with van der Waals surface area (Å²) in [6.45, 7) is 4.76. The van der Waals surface area contributed by atoms with Crippen molar-refractivity contribution in [3.63, 3.8) is 0 Å². The SMILES string of the molecule is CNS(=O)(=O)N1CCN(c2c(F)cc(N3CC(CNC(=S)C(C)C)OC3=O)cc2F)CC1. The van der Waals surface area contributed by atoms with E-state index in [1.807, 2.05) is 13.8 Å². The number of halogens is 2. The van der Waals surface area contributed by atoms with Crippen LogP contribution in [-0.4, -0.2) is 76.2 Å². The fourth-order valence-corrected chi connectivity index (χ4v) is 4.53. The molecule has 0 aliphatic carbocycles. The van der Waals surface area contributed by atoms with Crippen LogP contribution in [0.25, 0.3) is 0 Å². The van der Waals surface area contributed by atoms with Crippen LogP contribution in [0.4, 0.5) is 25.0 Å². The molecule has 2 aliphatic rings. The molecule has 2 N–H and O–H groups in total. The van der Waals surface area contributed by atoms with Crippen molar-refractivity contribution in [2.75, 3.05) is 56.1 Å². The first-order chi connectivity index (χ1) is 15.0. The van der Waals surface area contributed by atoms with Gasteiger partial charge in [-0.2, -0.15) is 12.7 Å². The number of carbonyl (C=O) groups is 1. The maximum atomic E-state index is 14.9. The van der Waals surface area contributed by atoms with Gasteiger partial charge in [0.1, 0.15) is 11.8 Å². The highest BCUT2D eigenvalue weighted by molar-refractivity contribution is 7.87. The lowest BCUT2D eigenvalue weighted by Gasteiger charge is -2.35. The largest absolute Gasteiger partial charge is 0.442 e. The standard InChI is InChI=1S/C19H27F2N5O4S2/c1-12(2)18(31)23-10-14-11-26(19(27)30-14)13-8-15(20)17(16(21)9-13)24-4-6-25(7-5-24)32(28,29)22-3/h8-9,12,14,22H,4-7,10-11H2,1-3H3,(H,23,31). The van der Waals surface area contributed by atoms with E-state index < -0.39 is 34.0 Å². The number of nitrogens with zero attached hydrogens (tertiary/aromatic N) is 3. The molecule has 0 radical (unpaired) electrons. The third kappa shape index (κ3) is 5.27. The fourth-order valence-electron chi connectivity index (χ4n) is 3.55. The zero-order chi connectivity index (χ0) is 23.6. The maximum absolute atomic E-state index is 14.9. The summed E-state index contributed by atoms with van der Waals surface area (Å²) < 4.78 is 62.2. The van der Waals surface area contributed by atoms with Crippen LogP contribution in [0, 0.1) is 17.6 Å². The summed E-state index contributed by atoms with van der Waals surface area (Å²) in [5.74, 6) is -1.52. The number of amides is 1. The normalized spacial score (nSPS) is 20.1. The second kappa shape index (κ2) is 9.81. The molecule has 32 heavy (non-hydrogen) atoms. The van der Waals surface area contributed by atoms with Crippen molar-refractivity contribution >= 4 is 44.9 Å². The average molecular weight is 492 g/mol. The number of ether oxygens (including phenoxy) is 1. The summed E-state index contributed by atoms with van der Waals surface area (Å²) in [6.07, 6.45) is -1.20. The highest BCUT2D eigenvalue weighted by Gasteiger charge is 2.34. The predicted octanol–water partition coefficient (Wildman–Crippen LogP) is 1.45. The van der Waals surface area contributed by atoms with Crippen LogP contribution in [0.1, 0.15) is 13.8 Å². The van der Waals surface area contributed by atoms with Crippen LogP contribution in [0.3, 0.4) is 0 Å². The van der Waals surface area contributed by atoms with Crippen LogP contribution in [0.5, 0.6) is 0 Å². The van der Waals surface area contributed by atoms with Crippen LogP contribution in [-0.2, 0) is 14.9 Å². The zero-order valence-corrected chi connectivity index (χ0v) is 19.7. The smallest absolute Gasteiger partial charge is 0.414 e. The van der Waals surface area contributed by atoms with Crippen LogP contribution < -0.4 is 19.8 Å². The molecular formula is C19H27F2N5O4S2. The molecule has 2 saturated heterocycles. The second-order valence-electron chi connectivity index (χ2n) is 7.87. The molecule has 1 amide bonds. The van der Waals surface area contributed by atoms with Gasteiger partial charge in [0.25, 0.3) is 10.2 Å². The minimum Gasteiger partial charge on any atom is -0.442 e. The summed E-state index contributed by atoms with van der Waals surface area (Å²) >= 11 is 5.20. The van der Waals surface area contributed by atoms with E-state index in [0.29, 0.717) is 11.5 Å². The van der Waals surface area contributed by atoms with Gasteiger partial charge >= 0.3 is 6.09 Å². The second-order valence-corrected chi connectivity index (χ2v) is 10.2. The summed E-state index contributed by atoms with van der Waals surface area (Å²) in [5, 5.41) is 3.03. The molecule has 1 aromatic carbocycles. The Balaban J connectivity index is 1.69. The minimum atomic E-state index is -3.59. The molecule has 1 atom stereocenters. The number of hydrogen-bond acceptors (Lipinski definition) is 6.